The fraction of sp³-hybridized carbons (Fsp3) is 0.0455. The van der Waals surface area contributed by atoms with Crippen LogP contribution in [-0.4, -0.2) is 23.2 Å². The van der Waals surface area contributed by atoms with Crippen molar-refractivity contribution in [2.45, 2.75) is 6.10 Å². The van der Waals surface area contributed by atoms with Crippen LogP contribution in [0.1, 0.15) is 27.6 Å². The predicted molar refractivity (Wildman–Crippen MR) is 118 cm³/mol. The minimum Gasteiger partial charge on any atom is -0.423 e. The maximum absolute atomic E-state index is 12.2. The van der Waals surface area contributed by atoms with Crippen molar-refractivity contribution < 1.29 is 19.4 Å². The van der Waals surface area contributed by atoms with Gasteiger partial charge in [0.15, 0.2) is 6.10 Å². The van der Waals surface area contributed by atoms with Crippen LogP contribution in [0.5, 0.6) is 5.75 Å². The lowest BCUT2D eigenvalue weighted by molar-refractivity contribution is -0.129. The second kappa shape index (κ2) is 9.94. The first-order valence-electron chi connectivity index (χ1n) is 8.67. The lowest BCUT2D eigenvalue weighted by Crippen LogP contribution is -2.25. The van der Waals surface area contributed by atoms with Crippen LogP contribution in [0.15, 0.2) is 84.0 Å². The van der Waals surface area contributed by atoms with E-state index < -0.39 is 18.0 Å². The van der Waals surface area contributed by atoms with Crippen molar-refractivity contribution in [2.75, 3.05) is 0 Å². The summed E-state index contributed by atoms with van der Waals surface area (Å²) in [5.41, 5.74) is 3.97. The number of nitrogens with one attached hydrogen (secondary N) is 1. The molecule has 0 aliphatic carbocycles. The highest BCUT2D eigenvalue weighted by atomic mass is 127. The van der Waals surface area contributed by atoms with Gasteiger partial charge in [0.1, 0.15) is 5.75 Å². The first-order chi connectivity index (χ1) is 14.0. The van der Waals surface area contributed by atoms with Gasteiger partial charge in [-0.3, -0.25) is 4.79 Å². The Balaban J connectivity index is 1.55. The summed E-state index contributed by atoms with van der Waals surface area (Å²) in [6.45, 7) is 0. The number of halogens is 1. The van der Waals surface area contributed by atoms with E-state index >= 15 is 0 Å². The molecule has 0 aliphatic rings. The monoisotopic (exact) mass is 500 g/mol. The summed E-state index contributed by atoms with van der Waals surface area (Å²) in [5, 5.41) is 13.8. The number of benzene rings is 3. The molecular weight excluding hydrogens is 483 g/mol. The third kappa shape index (κ3) is 5.72. The highest BCUT2D eigenvalue weighted by Crippen LogP contribution is 2.17. The Kier molecular flexibility index (Phi) is 7.09. The molecule has 0 heterocycles. The number of rotatable bonds is 6. The summed E-state index contributed by atoms with van der Waals surface area (Å²) in [5.74, 6) is -0.663. The number of esters is 1. The fourth-order valence-corrected chi connectivity index (χ4v) is 3.04. The van der Waals surface area contributed by atoms with E-state index in [-0.39, 0.29) is 0 Å². The van der Waals surface area contributed by atoms with Crippen LogP contribution < -0.4 is 10.2 Å². The number of carbonyl (C=O) groups is 2. The number of aliphatic hydroxyl groups excluding tert-OH is 1. The van der Waals surface area contributed by atoms with Crippen molar-refractivity contribution in [3.8, 4) is 5.75 Å². The van der Waals surface area contributed by atoms with Crippen LogP contribution in [0, 0.1) is 3.57 Å². The molecule has 1 unspecified atom stereocenters. The van der Waals surface area contributed by atoms with Gasteiger partial charge in [-0.1, -0.05) is 42.5 Å². The third-order valence-electron chi connectivity index (χ3n) is 3.94. The highest BCUT2D eigenvalue weighted by Gasteiger charge is 2.16. The van der Waals surface area contributed by atoms with Crippen LogP contribution >= 0.6 is 22.6 Å². The van der Waals surface area contributed by atoms with Gasteiger partial charge in [-0.05, 0) is 70.1 Å². The molecule has 3 aromatic carbocycles. The zero-order valence-corrected chi connectivity index (χ0v) is 17.3. The summed E-state index contributed by atoms with van der Waals surface area (Å²) in [4.78, 5) is 24.2. The van der Waals surface area contributed by atoms with E-state index in [9.17, 15) is 14.7 Å². The van der Waals surface area contributed by atoms with Crippen LogP contribution in [0.2, 0.25) is 0 Å². The number of hydrogen-bond donors (Lipinski definition) is 2. The largest absolute Gasteiger partial charge is 0.423 e. The van der Waals surface area contributed by atoms with E-state index in [4.69, 9.17) is 4.74 Å². The Morgan fingerprint density at radius 1 is 0.966 bits per heavy atom. The molecule has 1 amide bonds. The van der Waals surface area contributed by atoms with Gasteiger partial charge in [-0.2, -0.15) is 5.10 Å². The predicted octanol–water partition coefficient (Wildman–Crippen LogP) is 3.69. The minimum atomic E-state index is -1.30. The van der Waals surface area contributed by atoms with Crippen molar-refractivity contribution in [2.24, 2.45) is 5.10 Å². The number of hydrogen-bond acceptors (Lipinski definition) is 5. The SMILES string of the molecule is O=C(Oc1ccc(/C=N/NC(=O)C(O)c2ccccc2)cc1)c1ccccc1I. The molecule has 0 aliphatic heterocycles. The number of ether oxygens (including phenoxy) is 1. The van der Waals surface area contributed by atoms with Crippen molar-refractivity contribution >= 4 is 40.7 Å². The van der Waals surface area contributed by atoms with Crippen molar-refractivity contribution in [1.82, 2.24) is 5.43 Å². The minimum absolute atomic E-state index is 0.398. The van der Waals surface area contributed by atoms with Crippen LogP contribution in [0.3, 0.4) is 0 Å². The van der Waals surface area contributed by atoms with Gasteiger partial charge in [0, 0.05) is 3.57 Å². The number of amides is 1. The van der Waals surface area contributed by atoms with Gasteiger partial charge in [0.2, 0.25) is 0 Å². The molecular formula is C22H17IN2O4. The van der Waals surface area contributed by atoms with Crippen LogP contribution in [0.4, 0.5) is 0 Å². The number of nitrogens with zero attached hydrogens (tertiary/aromatic N) is 1. The van der Waals surface area contributed by atoms with E-state index in [0.29, 0.717) is 22.4 Å². The van der Waals surface area contributed by atoms with E-state index in [0.717, 1.165) is 3.57 Å². The Morgan fingerprint density at radius 3 is 2.31 bits per heavy atom. The smallest absolute Gasteiger partial charge is 0.344 e. The van der Waals surface area contributed by atoms with Gasteiger partial charge < -0.3 is 9.84 Å². The summed E-state index contributed by atoms with van der Waals surface area (Å²) < 4.78 is 6.18. The Bertz CT molecular complexity index is 1020. The van der Waals surface area contributed by atoms with Gasteiger partial charge in [-0.25, -0.2) is 10.2 Å². The van der Waals surface area contributed by atoms with Crippen molar-refractivity contribution in [1.29, 1.82) is 0 Å². The molecule has 1 atom stereocenters. The Hall–Kier alpha value is -3.04. The maximum atomic E-state index is 12.2. The molecule has 0 fully saturated rings. The summed E-state index contributed by atoms with van der Waals surface area (Å²) in [6.07, 6.45) is 0.136. The molecule has 3 aromatic rings. The number of carbonyl (C=O) groups excluding carboxylic acids is 2. The fourth-order valence-electron chi connectivity index (χ4n) is 2.43. The zero-order valence-electron chi connectivity index (χ0n) is 15.2. The van der Waals surface area contributed by atoms with E-state index in [1.807, 2.05) is 12.1 Å². The molecule has 0 radical (unpaired) electrons. The molecule has 29 heavy (non-hydrogen) atoms. The van der Waals surface area contributed by atoms with Crippen LogP contribution in [0.25, 0.3) is 0 Å². The maximum Gasteiger partial charge on any atom is 0.344 e. The van der Waals surface area contributed by atoms with E-state index in [1.165, 1.54) is 6.21 Å². The average molecular weight is 500 g/mol. The number of aliphatic hydroxyl groups is 1. The van der Waals surface area contributed by atoms with Crippen molar-refractivity contribution in [3.63, 3.8) is 0 Å². The van der Waals surface area contributed by atoms with Gasteiger partial charge in [0.25, 0.3) is 5.91 Å². The van der Waals surface area contributed by atoms with Crippen molar-refractivity contribution in [3.05, 3.63) is 99.1 Å². The first kappa shape index (κ1) is 20.7. The third-order valence-corrected chi connectivity index (χ3v) is 4.88. The van der Waals surface area contributed by atoms with E-state index in [1.54, 1.807) is 66.7 Å². The standard InChI is InChI=1S/C22H17IN2O4/c23-19-9-5-4-8-18(19)22(28)29-17-12-10-15(11-13-17)14-24-25-21(27)20(26)16-6-2-1-3-7-16/h1-14,20,26H,(H,25,27)/b24-14+. The molecule has 2 N–H and O–H groups in total. The van der Waals surface area contributed by atoms with Gasteiger partial charge >= 0.3 is 5.97 Å². The summed E-state index contributed by atoms with van der Waals surface area (Å²) in [7, 11) is 0. The van der Waals surface area contributed by atoms with Gasteiger partial charge in [-0.15, -0.1) is 0 Å². The van der Waals surface area contributed by atoms with Gasteiger partial charge in [0.05, 0.1) is 11.8 Å². The highest BCUT2D eigenvalue weighted by molar-refractivity contribution is 14.1. The Morgan fingerprint density at radius 2 is 1.62 bits per heavy atom. The quantitative estimate of drug-likeness (QED) is 0.178. The topological polar surface area (TPSA) is 88.0 Å². The zero-order chi connectivity index (χ0) is 20.6. The lowest BCUT2D eigenvalue weighted by Gasteiger charge is -2.08. The number of hydrazone groups is 1. The molecule has 0 saturated heterocycles. The second-order valence-electron chi connectivity index (χ2n) is 5.99. The lowest BCUT2D eigenvalue weighted by atomic mass is 10.1. The Labute approximate surface area is 181 Å². The first-order valence-corrected chi connectivity index (χ1v) is 9.75. The summed E-state index contributed by atoms with van der Waals surface area (Å²) in [6, 6.07) is 22.4. The molecule has 0 bridgehead atoms. The summed E-state index contributed by atoms with van der Waals surface area (Å²) >= 11 is 2.08. The molecule has 0 saturated carbocycles. The molecule has 7 heteroatoms. The van der Waals surface area contributed by atoms with E-state index in [2.05, 4.69) is 33.1 Å². The average Bonchev–Trinajstić information content (AvgIpc) is 2.75. The molecule has 6 nitrogen and oxygen atoms in total. The van der Waals surface area contributed by atoms with Crippen LogP contribution in [-0.2, 0) is 4.79 Å². The molecule has 3 rings (SSSR count). The molecule has 0 spiro atoms. The normalized spacial score (nSPS) is 11.8. The second-order valence-corrected chi connectivity index (χ2v) is 7.15. The molecule has 0 aromatic heterocycles. The molecule has 146 valence electrons.